The van der Waals surface area contributed by atoms with E-state index in [9.17, 15) is 0 Å². The summed E-state index contributed by atoms with van der Waals surface area (Å²) in [4.78, 5) is 0. The molecule has 2 nitrogen and oxygen atoms in total. The van der Waals surface area contributed by atoms with Crippen LogP contribution in [0.15, 0.2) is 48.5 Å². The summed E-state index contributed by atoms with van der Waals surface area (Å²) >= 11 is 12.5. The summed E-state index contributed by atoms with van der Waals surface area (Å²) in [6.45, 7) is 2.86. The van der Waals surface area contributed by atoms with Crippen molar-refractivity contribution in [1.82, 2.24) is 5.32 Å². The lowest BCUT2D eigenvalue weighted by atomic mass is 9.95. The van der Waals surface area contributed by atoms with E-state index in [0.717, 1.165) is 17.7 Å². The van der Waals surface area contributed by atoms with Gasteiger partial charge in [-0.1, -0.05) is 72.6 Å². The van der Waals surface area contributed by atoms with Gasteiger partial charge in [-0.3, -0.25) is 0 Å². The summed E-state index contributed by atoms with van der Waals surface area (Å²) in [5.74, 6) is 0. The summed E-state index contributed by atoms with van der Waals surface area (Å²) in [5.41, 5.74) is 2.05. The average molecular weight is 324 g/mol. The third kappa shape index (κ3) is 3.78. The number of benzene rings is 2. The van der Waals surface area contributed by atoms with Gasteiger partial charge >= 0.3 is 0 Å². The van der Waals surface area contributed by atoms with E-state index in [2.05, 4.69) is 24.4 Å². The highest BCUT2D eigenvalue weighted by Crippen LogP contribution is 2.37. The monoisotopic (exact) mass is 323 g/mol. The fourth-order valence-electron chi connectivity index (χ4n) is 2.47. The highest BCUT2D eigenvalue weighted by molar-refractivity contribution is 6.42. The van der Waals surface area contributed by atoms with Crippen molar-refractivity contribution in [2.45, 2.75) is 19.1 Å². The molecule has 0 spiro atoms. The third-order valence-electron chi connectivity index (χ3n) is 3.43. The minimum atomic E-state index is -0.137. The number of ether oxygens (including phenoxy) is 1. The van der Waals surface area contributed by atoms with Crippen molar-refractivity contribution in [2.75, 3.05) is 13.7 Å². The molecular formula is C17H19Cl2NO. The maximum Gasteiger partial charge on any atom is 0.102 e. The molecule has 1 N–H and O–H groups in total. The molecule has 2 rings (SSSR count). The molecule has 0 fully saturated rings. The number of hydrogen-bond donors (Lipinski definition) is 1. The first-order chi connectivity index (χ1) is 10.2. The topological polar surface area (TPSA) is 21.3 Å². The largest absolute Gasteiger partial charge is 0.375 e. The van der Waals surface area contributed by atoms with Gasteiger partial charge in [-0.15, -0.1) is 0 Å². The van der Waals surface area contributed by atoms with Crippen LogP contribution >= 0.6 is 23.2 Å². The molecule has 4 heteroatoms. The van der Waals surface area contributed by atoms with E-state index in [0.29, 0.717) is 10.0 Å². The van der Waals surface area contributed by atoms with Crippen LogP contribution in [0.2, 0.25) is 10.0 Å². The third-order valence-corrected chi connectivity index (χ3v) is 4.26. The first-order valence-electron chi connectivity index (χ1n) is 6.94. The Morgan fingerprint density at radius 2 is 1.76 bits per heavy atom. The zero-order valence-corrected chi connectivity index (χ0v) is 13.7. The Morgan fingerprint density at radius 1 is 1.05 bits per heavy atom. The van der Waals surface area contributed by atoms with Gasteiger partial charge in [-0.25, -0.2) is 0 Å². The summed E-state index contributed by atoms with van der Waals surface area (Å²) in [6.07, 6.45) is -0.137. The molecule has 0 aliphatic heterocycles. The van der Waals surface area contributed by atoms with E-state index in [4.69, 9.17) is 27.9 Å². The van der Waals surface area contributed by atoms with Crippen LogP contribution in [0.4, 0.5) is 0 Å². The molecule has 21 heavy (non-hydrogen) atoms. The van der Waals surface area contributed by atoms with Crippen LogP contribution in [0.1, 0.15) is 30.2 Å². The van der Waals surface area contributed by atoms with Gasteiger partial charge < -0.3 is 10.1 Å². The summed E-state index contributed by atoms with van der Waals surface area (Å²) in [6, 6.07) is 15.7. The maximum atomic E-state index is 6.38. The fourth-order valence-corrected chi connectivity index (χ4v) is 2.89. The minimum Gasteiger partial charge on any atom is -0.375 e. The summed E-state index contributed by atoms with van der Waals surface area (Å²) < 4.78 is 5.74. The number of rotatable bonds is 6. The van der Waals surface area contributed by atoms with E-state index in [1.807, 2.05) is 30.3 Å². The number of hydrogen-bond acceptors (Lipinski definition) is 2. The van der Waals surface area contributed by atoms with Gasteiger partial charge in [0.1, 0.15) is 6.10 Å². The number of nitrogens with one attached hydrogen (secondary N) is 1. The minimum absolute atomic E-state index is 0.0615. The van der Waals surface area contributed by atoms with E-state index < -0.39 is 0 Å². The van der Waals surface area contributed by atoms with Crippen molar-refractivity contribution in [3.63, 3.8) is 0 Å². The quantitative estimate of drug-likeness (QED) is 0.804. The lowest BCUT2D eigenvalue weighted by Crippen LogP contribution is -2.28. The van der Waals surface area contributed by atoms with Crippen molar-refractivity contribution in [1.29, 1.82) is 0 Å². The van der Waals surface area contributed by atoms with Crippen LogP contribution < -0.4 is 5.32 Å². The molecule has 0 amide bonds. The van der Waals surface area contributed by atoms with Gasteiger partial charge in [0.15, 0.2) is 0 Å². The molecule has 2 aromatic rings. The molecule has 2 aromatic carbocycles. The molecule has 112 valence electrons. The first kappa shape index (κ1) is 16.3. The zero-order valence-electron chi connectivity index (χ0n) is 12.1. The predicted octanol–water partition coefficient (Wildman–Crippen LogP) is 5.03. The molecule has 0 bridgehead atoms. The number of likely N-dealkylation sites (N-methyl/N-ethyl adjacent to an activating group) is 1. The second-order valence-electron chi connectivity index (χ2n) is 4.75. The Morgan fingerprint density at radius 3 is 2.38 bits per heavy atom. The van der Waals surface area contributed by atoms with Crippen LogP contribution in [0.5, 0.6) is 0 Å². The lowest BCUT2D eigenvalue weighted by molar-refractivity contribution is 0.0682. The molecule has 0 aliphatic carbocycles. The number of methoxy groups -OCH3 is 1. The molecule has 2 atom stereocenters. The maximum absolute atomic E-state index is 6.38. The van der Waals surface area contributed by atoms with Gasteiger partial charge in [-0.05, 0) is 23.7 Å². The zero-order chi connectivity index (χ0) is 15.2. The van der Waals surface area contributed by atoms with Gasteiger partial charge in [0, 0.05) is 7.11 Å². The summed E-state index contributed by atoms with van der Waals surface area (Å²) in [7, 11) is 1.71. The number of halogens is 2. The van der Waals surface area contributed by atoms with Crippen LogP contribution in [0.3, 0.4) is 0 Å². The lowest BCUT2D eigenvalue weighted by Gasteiger charge is -2.28. The fraction of sp³-hybridized carbons (Fsp3) is 0.294. The van der Waals surface area contributed by atoms with Gasteiger partial charge in [-0.2, -0.15) is 0 Å². The highest BCUT2D eigenvalue weighted by Gasteiger charge is 2.26. The predicted molar refractivity (Wildman–Crippen MR) is 89.1 cm³/mol. The molecule has 2 unspecified atom stereocenters. The Hall–Kier alpha value is -1.06. The standard InChI is InChI=1S/C17H19Cl2NO/c1-3-20-16(13-10-7-11-14(18)15(13)19)17(21-2)12-8-5-4-6-9-12/h4-11,16-17,20H,3H2,1-2H3. The Labute approximate surface area is 136 Å². The van der Waals surface area contributed by atoms with E-state index in [1.54, 1.807) is 13.2 Å². The average Bonchev–Trinajstić information content (AvgIpc) is 2.51. The normalized spacial score (nSPS) is 13.9. The van der Waals surface area contributed by atoms with Crippen molar-refractivity contribution < 1.29 is 4.74 Å². The van der Waals surface area contributed by atoms with Crippen LogP contribution in [0, 0.1) is 0 Å². The molecule has 0 saturated heterocycles. The molecule has 0 aromatic heterocycles. The van der Waals surface area contributed by atoms with Gasteiger partial charge in [0.2, 0.25) is 0 Å². The van der Waals surface area contributed by atoms with Crippen molar-refractivity contribution in [3.05, 3.63) is 69.7 Å². The molecule has 0 radical (unpaired) electrons. The summed E-state index contributed by atoms with van der Waals surface area (Å²) in [5, 5.41) is 4.58. The molecule has 0 aliphatic rings. The first-order valence-corrected chi connectivity index (χ1v) is 7.69. The van der Waals surface area contributed by atoms with E-state index in [-0.39, 0.29) is 12.1 Å². The second kappa shape index (κ2) is 7.81. The van der Waals surface area contributed by atoms with Gasteiger partial charge in [0.05, 0.1) is 16.1 Å². The van der Waals surface area contributed by atoms with Gasteiger partial charge in [0.25, 0.3) is 0 Å². The van der Waals surface area contributed by atoms with Crippen LogP contribution in [-0.2, 0) is 4.74 Å². The molecule has 0 heterocycles. The highest BCUT2D eigenvalue weighted by atomic mass is 35.5. The SMILES string of the molecule is CCNC(c1cccc(Cl)c1Cl)C(OC)c1ccccc1. The Balaban J connectivity index is 2.44. The van der Waals surface area contributed by atoms with Crippen molar-refractivity contribution in [3.8, 4) is 0 Å². The molecule has 0 saturated carbocycles. The second-order valence-corrected chi connectivity index (χ2v) is 5.53. The smallest absolute Gasteiger partial charge is 0.102 e. The van der Waals surface area contributed by atoms with E-state index in [1.165, 1.54) is 0 Å². The molecular weight excluding hydrogens is 305 g/mol. The Bertz CT molecular complexity index is 574. The van der Waals surface area contributed by atoms with E-state index >= 15 is 0 Å². The van der Waals surface area contributed by atoms with Crippen LogP contribution in [-0.4, -0.2) is 13.7 Å². The van der Waals surface area contributed by atoms with Crippen LogP contribution in [0.25, 0.3) is 0 Å². The Kier molecular flexibility index (Phi) is 6.07. The van der Waals surface area contributed by atoms with Crippen molar-refractivity contribution >= 4 is 23.2 Å². The van der Waals surface area contributed by atoms with Crippen molar-refractivity contribution in [2.24, 2.45) is 0 Å².